The van der Waals surface area contributed by atoms with E-state index in [0.717, 1.165) is 35.1 Å². The molecule has 0 saturated carbocycles. The lowest BCUT2D eigenvalue weighted by atomic mass is 10.0. The Hall–Kier alpha value is -4.20. The van der Waals surface area contributed by atoms with E-state index in [1.807, 2.05) is 17.1 Å². The van der Waals surface area contributed by atoms with Crippen molar-refractivity contribution in [3.05, 3.63) is 80.9 Å². The summed E-state index contributed by atoms with van der Waals surface area (Å²) in [7, 11) is 2.82. The van der Waals surface area contributed by atoms with Gasteiger partial charge in [-0.3, -0.25) is 14.6 Å². The van der Waals surface area contributed by atoms with Gasteiger partial charge in [-0.15, -0.1) is 5.11 Å². The number of nitrogens with one attached hydrogen (secondary N) is 2. The highest BCUT2D eigenvalue weighted by atomic mass is 127. The highest BCUT2D eigenvalue weighted by Gasteiger charge is 2.29. The zero-order chi connectivity index (χ0) is 30.3. The van der Waals surface area contributed by atoms with E-state index in [0.29, 0.717) is 34.1 Å². The first-order chi connectivity index (χ1) is 20.8. The molecule has 2 amide bonds. The van der Waals surface area contributed by atoms with Crippen LogP contribution in [-0.4, -0.2) is 56.1 Å². The number of fused-ring (bicyclic) bond motifs is 9. The number of rotatable bonds is 5. The van der Waals surface area contributed by atoms with Gasteiger partial charge in [0.2, 0.25) is 11.8 Å². The molecule has 0 aliphatic carbocycles. The van der Waals surface area contributed by atoms with E-state index >= 15 is 0 Å². The summed E-state index contributed by atoms with van der Waals surface area (Å²) in [6.07, 6.45) is 2.29. The van der Waals surface area contributed by atoms with Crippen molar-refractivity contribution in [2.24, 2.45) is 10.3 Å². The normalized spacial score (nSPS) is 19.1. The lowest BCUT2D eigenvalue weighted by Gasteiger charge is -2.23. The third-order valence-corrected chi connectivity index (χ3v) is 8.06. The van der Waals surface area contributed by atoms with Crippen molar-refractivity contribution in [3.8, 4) is 17.2 Å². The molecule has 224 valence electrons. The van der Waals surface area contributed by atoms with E-state index in [2.05, 4.69) is 43.6 Å². The van der Waals surface area contributed by atoms with Gasteiger partial charge < -0.3 is 24.8 Å². The Balaban J connectivity index is 1.52. The fourth-order valence-electron chi connectivity index (χ4n) is 4.94. The van der Waals surface area contributed by atoms with Gasteiger partial charge in [0.15, 0.2) is 5.75 Å². The van der Waals surface area contributed by atoms with Crippen LogP contribution in [0.2, 0.25) is 0 Å². The number of hydrogen-bond acceptors (Lipinski definition) is 8. The average Bonchev–Trinajstić information content (AvgIpc) is 3.53. The maximum Gasteiger partial charge on any atom is 0.328 e. The van der Waals surface area contributed by atoms with Gasteiger partial charge in [-0.25, -0.2) is 4.79 Å². The maximum atomic E-state index is 13.7. The molecule has 3 aromatic rings. The molecule has 0 aromatic heterocycles. The second-order valence-electron chi connectivity index (χ2n) is 10.3. The fraction of sp³-hybridized carbons (Fsp3) is 0.323. The van der Waals surface area contributed by atoms with Crippen LogP contribution in [0.15, 0.2) is 71.0 Å². The highest BCUT2D eigenvalue weighted by molar-refractivity contribution is 14.1. The van der Waals surface area contributed by atoms with Crippen LogP contribution < -0.4 is 20.1 Å². The minimum Gasteiger partial charge on any atom is -0.496 e. The Morgan fingerprint density at radius 1 is 0.977 bits per heavy atom. The van der Waals surface area contributed by atoms with Gasteiger partial charge in [-0.1, -0.05) is 29.5 Å². The Morgan fingerprint density at radius 3 is 2.42 bits per heavy atom. The predicted octanol–water partition coefficient (Wildman–Crippen LogP) is 4.80. The van der Waals surface area contributed by atoms with Crippen LogP contribution in [0.5, 0.6) is 17.2 Å². The monoisotopic (exact) mass is 697 g/mol. The van der Waals surface area contributed by atoms with Gasteiger partial charge in [0.1, 0.15) is 29.3 Å². The first-order valence-electron chi connectivity index (χ1n) is 13.9. The molecule has 12 heteroatoms. The Labute approximate surface area is 263 Å². The predicted molar refractivity (Wildman–Crippen MR) is 166 cm³/mol. The molecule has 3 aliphatic rings. The van der Waals surface area contributed by atoms with Gasteiger partial charge >= 0.3 is 5.97 Å². The molecule has 1 fully saturated rings. The Morgan fingerprint density at radius 2 is 1.72 bits per heavy atom. The number of ether oxygens (including phenoxy) is 3. The molecule has 3 aromatic carbocycles. The van der Waals surface area contributed by atoms with Crippen LogP contribution >= 0.6 is 22.6 Å². The van der Waals surface area contributed by atoms with Gasteiger partial charge in [-0.05, 0) is 88.5 Å². The van der Waals surface area contributed by atoms with E-state index in [1.165, 1.54) is 7.11 Å². The number of carbonyl (C=O) groups excluding carboxylic acids is 3. The van der Waals surface area contributed by atoms with Crippen molar-refractivity contribution in [1.29, 1.82) is 0 Å². The van der Waals surface area contributed by atoms with E-state index < -0.39 is 29.9 Å². The largest absolute Gasteiger partial charge is 0.496 e. The quantitative estimate of drug-likeness (QED) is 0.223. The van der Waals surface area contributed by atoms with Crippen molar-refractivity contribution in [2.45, 2.75) is 37.8 Å². The summed E-state index contributed by atoms with van der Waals surface area (Å²) in [5.74, 6) is 0.0767. The lowest BCUT2D eigenvalue weighted by Crippen LogP contribution is -2.48. The van der Waals surface area contributed by atoms with Gasteiger partial charge in [0, 0.05) is 19.5 Å². The molecule has 0 spiro atoms. The molecule has 4 bridgehead atoms. The molecular weight excluding hydrogens is 665 g/mol. The first kappa shape index (κ1) is 30.3. The molecule has 43 heavy (non-hydrogen) atoms. The summed E-state index contributed by atoms with van der Waals surface area (Å²) in [5.41, 5.74) is 2.49. The summed E-state index contributed by atoms with van der Waals surface area (Å²) in [4.78, 5) is 39.8. The van der Waals surface area contributed by atoms with Crippen molar-refractivity contribution in [3.63, 3.8) is 0 Å². The summed E-state index contributed by atoms with van der Waals surface area (Å²) in [5, 5.41) is 16.3. The van der Waals surface area contributed by atoms with Crippen LogP contribution in [0.3, 0.4) is 0 Å². The summed E-state index contributed by atoms with van der Waals surface area (Å²) in [6, 6.07) is 15.7. The molecule has 1 saturated heterocycles. The molecule has 3 heterocycles. The Kier molecular flexibility index (Phi) is 9.75. The summed E-state index contributed by atoms with van der Waals surface area (Å²) >= 11 is 2.11. The van der Waals surface area contributed by atoms with Gasteiger partial charge in [0.25, 0.3) is 0 Å². The molecule has 6 rings (SSSR count). The fourth-order valence-corrected chi connectivity index (χ4v) is 5.70. The van der Waals surface area contributed by atoms with E-state index in [1.54, 1.807) is 55.6 Å². The third-order valence-electron chi connectivity index (χ3n) is 7.22. The van der Waals surface area contributed by atoms with Crippen LogP contribution in [0.1, 0.15) is 35.6 Å². The number of hydrogen-bond donors (Lipinski definition) is 2. The van der Waals surface area contributed by atoms with Crippen molar-refractivity contribution < 1.29 is 28.6 Å². The molecule has 2 atom stereocenters. The molecular formula is C31H32IN5O6. The molecule has 11 nitrogen and oxygen atoms in total. The Bertz CT molecular complexity index is 1520. The lowest BCUT2D eigenvalue weighted by molar-refractivity contribution is -0.145. The summed E-state index contributed by atoms with van der Waals surface area (Å²) < 4.78 is 17.3. The zero-order valence-electron chi connectivity index (χ0n) is 23.8. The van der Waals surface area contributed by atoms with Crippen molar-refractivity contribution >= 4 is 46.1 Å². The minimum absolute atomic E-state index is 0.0314. The highest BCUT2D eigenvalue weighted by Crippen LogP contribution is 2.34. The van der Waals surface area contributed by atoms with E-state index in [-0.39, 0.29) is 12.8 Å². The molecule has 3 aliphatic heterocycles. The van der Waals surface area contributed by atoms with Crippen LogP contribution in [0.25, 0.3) is 0 Å². The molecule has 2 N–H and O–H groups in total. The van der Waals surface area contributed by atoms with Gasteiger partial charge in [0.05, 0.1) is 24.2 Å². The number of benzene rings is 3. The third kappa shape index (κ3) is 7.61. The van der Waals surface area contributed by atoms with E-state index in [4.69, 9.17) is 14.2 Å². The van der Waals surface area contributed by atoms with E-state index in [9.17, 15) is 14.4 Å². The van der Waals surface area contributed by atoms with Crippen molar-refractivity contribution in [1.82, 2.24) is 15.6 Å². The topological polar surface area (TPSA) is 131 Å². The number of halogens is 1. The number of nitrogens with zero attached hydrogens (tertiary/aromatic N) is 3. The molecule has 0 radical (unpaired) electrons. The van der Waals surface area contributed by atoms with Gasteiger partial charge in [-0.2, -0.15) is 0 Å². The van der Waals surface area contributed by atoms with Crippen molar-refractivity contribution in [2.75, 3.05) is 27.3 Å². The second kappa shape index (κ2) is 13.8. The molecule has 0 unspecified atom stereocenters. The zero-order valence-corrected chi connectivity index (χ0v) is 26.0. The minimum atomic E-state index is -1.08. The van der Waals surface area contributed by atoms with Crippen LogP contribution in [0.4, 0.5) is 5.69 Å². The number of carbonyl (C=O) groups is 3. The number of amides is 2. The van der Waals surface area contributed by atoms with Crippen LogP contribution in [-0.2, 0) is 32.0 Å². The maximum absolute atomic E-state index is 13.7. The standard InChI is InChI=1S/C31H32IN5O6/c1-41-26-12-8-21(18-23(26)32)29-30(39)33-25(31(40)42-2)15-19-5-9-22(10-6-19)43-27-16-20(17-28(38)34-29)7-11-24(27)35-36-37-13-3-4-14-37/h5-12,16,18,25,29H,3-4,13-15,17H2,1-2H3,(H,33,39)(H,34,38)/t25-,29+/m1/s1. The SMILES string of the molecule is COC(=O)[C@H]1Cc2ccc(cc2)Oc2cc(ccc2N=NN2CCCC2)CC(=O)N[C@@H](c2ccc(OC)c(I)c2)C(=O)N1. The number of methoxy groups -OCH3 is 2. The summed E-state index contributed by atoms with van der Waals surface area (Å²) in [6.45, 7) is 1.71. The first-order valence-corrected chi connectivity index (χ1v) is 15.0. The average molecular weight is 698 g/mol. The second-order valence-corrected chi connectivity index (χ2v) is 11.4. The smallest absolute Gasteiger partial charge is 0.328 e. The number of esters is 1. The van der Waals surface area contributed by atoms with Crippen LogP contribution in [0, 0.1) is 3.57 Å².